The van der Waals surface area contributed by atoms with Crippen molar-refractivity contribution in [3.63, 3.8) is 0 Å². The topological polar surface area (TPSA) is 37.4 Å². The molecular weight excluding hydrogens is 341 g/mol. The van der Waals surface area contributed by atoms with Crippen LogP contribution in [-0.2, 0) is 16.0 Å². The van der Waals surface area contributed by atoms with Gasteiger partial charge in [-0.25, -0.2) is 4.39 Å². The lowest BCUT2D eigenvalue weighted by molar-refractivity contribution is -0.119. The van der Waals surface area contributed by atoms with Crippen molar-refractivity contribution in [2.75, 3.05) is 4.90 Å². The summed E-state index contributed by atoms with van der Waals surface area (Å²) in [4.78, 5) is 27.8. The third-order valence-corrected chi connectivity index (χ3v) is 5.54. The van der Waals surface area contributed by atoms with Crippen molar-refractivity contribution in [1.82, 2.24) is 0 Å². The van der Waals surface area contributed by atoms with Gasteiger partial charge < -0.3 is 0 Å². The zero-order valence-electron chi connectivity index (χ0n) is 15.4. The van der Waals surface area contributed by atoms with E-state index in [1.807, 2.05) is 30.3 Å². The normalized spacial score (nSPS) is 20.1. The van der Waals surface area contributed by atoms with Crippen molar-refractivity contribution >= 4 is 17.4 Å². The van der Waals surface area contributed by atoms with Gasteiger partial charge in [0.05, 0.1) is 5.69 Å². The summed E-state index contributed by atoms with van der Waals surface area (Å²) in [6.07, 6.45) is 2.92. The van der Waals surface area contributed by atoms with Crippen LogP contribution in [0.4, 0.5) is 10.1 Å². The molecule has 1 aliphatic carbocycles. The molecule has 0 bridgehead atoms. The highest BCUT2D eigenvalue weighted by Crippen LogP contribution is 2.44. The molecular formula is C23H22FNO2. The predicted octanol–water partition coefficient (Wildman–Crippen LogP) is 4.92. The lowest BCUT2D eigenvalue weighted by Gasteiger charge is -2.39. The van der Waals surface area contributed by atoms with E-state index in [0.717, 1.165) is 29.8 Å². The molecule has 2 aliphatic rings. The van der Waals surface area contributed by atoms with Crippen LogP contribution in [0.1, 0.15) is 49.7 Å². The monoisotopic (exact) mass is 363 g/mol. The number of aryl methyl sites for hydroxylation is 1. The summed E-state index contributed by atoms with van der Waals surface area (Å²) in [5.74, 6) is -0.652. The Morgan fingerprint density at radius 2 is 1.89 bits per heavy atom. The average molecular weight is 363 g/mol. The minimum absolute atomic E-state index is 0.0291. The molecule has 0 saturated heterocycles. The molecule has 27 heavy (non-hydrogen) atoms. The smallest absolute Gasteiger partial charge is 0.232 e. The molecule has 1 atom stereocenters. The van der Waals surface area contributed by atoms with Crippen LogP contribution in [0.25, 0.3) is 0 Å². The lowest BCUT2D eigenvalue weighted by Crippen LogP contribution is -2.41. The first-order valence-electron chi connectivity index (χ1n) is 9.52. The number of Topliss-reactive ketones (excluding diaryl/α,β-unsaturated/α-hetero) is 1. The molecule has 0 aromatic heterocycles. The van der Waals surface area contributed by atoms with Gasteiger partial charge in [0, 0.05) is 30.0 Å². The zero-order valence-corrected chi connectivity index (χ0v) is 15.4. The largest absolute Gasteiger partial charge is 0.294 e. The zero-order chi connectivity index (χ0) is 19.0. The number of benzene rings is 2. The Morgan fingerprint density at radius 3 is 2.67 bits per heavy atom. The van der Waals surface area contributed by atoms with Gasteiger partial charge in [-0.3, -0.25) is 14.5 Å². The van der Waals surface area contributed by atoms with E-state index in [2.05, 4.69) is 6.92 Å². The van der Waals surface area contributed by atoms with Crippen molar-refractivity contribution in [3.05, 3.63) is 76.7 Å². The first-order valence-corrected chi connectivity index (χ1v) is 9.52. The molecule has 2 aromatic rings. The number of halogens is 1. The minimum Gasteiger partial charge on any atom is -0.294 e. The van der Waals surface area contributed by atoms with Crippen LogP contribution in [0.5, 0.6) is 0 Å². The Labute approximate surface area is 158 Å². The van der Waals surface area contributed by atoms with Crippen LogP contribution >= 0.6 is 0 Å². The summed E-state index contributed by atoms with van der Waals surface area (Å²) in [5.41, 5.74) is 4.15. The summed E-state index contributed by atoms with van der Waals surface area (Å²) in [6, 6.07) is 14.1. The Hall–Kier alpha value is -2.75. The summed E-state index contributed by atoms with van der Waals surface area (Å²) < 4.78 is 13.8. The Morgan fingerprint density at radius 1 is 1.07 bits per heavy atom. The number of rotatable bonds is 3. The molecule has 0 saturated carbocycles. The maximum atomic E-state index is 13.8. The van der Waals surface area contributed by atoms with Gasteiger partial charge in [-0.2, -0.15) is 0 Å². The van der Waals surface area contributed by atoms with Gasteiger partial charge in [0.25, 0.3) is 0 Å². The van der Waals surface area contributed by atoms with Crippen molar-refractivity contribution in [2.24, 2.45) is 0 Å². The lowest BCUT2D eigenvalue weighted by atomic mass is 9.77. The van der Waals surface area contributed by atoms with E-state index in [9.17, 15) is 14.0 Å². The van der Waals surface area contributed by atoms with Gasteiger partial charge in [-0.1, -0.05) is 37.3 Å². The number of allylic oxidation sites excluding steroid dienone is 2. The van der Waals surface area contributed by atoms with Gasteiger partial charge in [-0.05, 0) is 48.6 Å². The SMILES string of the molecule is CCc1ccccc1N1C(=O)CC(c2cccc(F)c2)C2=C1CCCC2=O. The molecule has 2 aromatic carbocycles. The molecule has 4 rings (SSSR count). The van der Waals surface area contributed by atoms with Crippen LogP contribution < -0.4 is 4.90 Å². The van der Waals surface area contributed by atoms with Crippen molar-refractivity contribution in [1.29, 1.82) is 0 Å². The number of anilines is 1. The summed E-state index contributed by atoms with van der Waals surface area (Å²) >= 11 is 0. The van der Waals surface area contributed by atoms with Crippen LogP contribution in [0.2, 0.25) is 0 Å². The Bertz CT molecular complexity index is 947. The summed E-state index contributed by atoms with van der Waals surface area (Å²) in [5, 5.41) is 0. The molecule has 1 heterocycles. The van der Waals surface area contributed by atoms with Crippen molar-refractivity contribution < 1.29 is 14.0 Å². The number of hydrogen-bond acceptors (Lipinski definition) is 2. The molecule has 1 unspecified atom stereocenters. The molecule has 138 valence electrons. The number of nitrogens with zero attached hydrogens (tertiary/aromatic N) is 1. The van der Waals surface area contributed by atoms with E-state index in [4.69, 9.17) is 0 Å². The Kier molecular flexibility index (Phi) is 4.65. The van der Waals surface area contributed by atoms with Crippen molar-refractivity contribution in [2.45, 2.75) is 44.9 Å². The highest BCUT2D eigenvalue weighted by Gasteiger charge is 2.40. The van der Waals surface area contributed by atoms with E-state index in [0.29, 0.717) is 24.0 Å². The fourth-order valence-corrected chi connectivity index (χ4v) is 4.31. The first kappa shape index (κ1) is 17.7. The summed E-state index contributed by atoms with van der Waals surface area (Å²) in [7, 11) is 0. The molecule has 3 nitrogen and oxygen atoms in total. The maximum absolute atomic E-state index is 13.8. The minimum atomic E-state index is -0.360. The molecule has 0 N–H and O–H groups in total. The number of carbonyl (C=O) groups is 2. The van der Waals surface area contributed by atoms with Crippen molar-refractivity contribution in [3.8, 4) is 0 Å². The molecule has 1 amide bonds. The number of para-hydroxylation sites is 1. The standard InChI is InChI=1S/C23H22FNO2/c1-2-15-7-3-4-10-19(15)25-20-11-6-12-21(26)23(20)18(14-22(25)27)16-8-5-9-17(24)13-16/h3-5,7-10,13,18H,2,6,11-12,14H2,1H3. The fraction of sp³-hybridized carbons (Fsp3) is 0.304. The number of amides is 1. The molecule has 4 heteroatoms. The second-order valence-electron chi connectivity index (χ2n) is 7.16. The van der Waals surface area contributed by atoms with E-state index in [1.165, 1.54) is 12.1 Å². The van der Waals surface area contributed by atoms with E-state index < -0.39 is 0 Å². The molecule has 0 radical (unpaired) electrons. The summed E-state index contributed by atoms with van der Waals surface area (Å²) in [6.45, 7) is 2.06. The van der Waals surface area contributed by atoms with Gasteiger partial charge >= 0.3 is 0 Å². The molecule has 1 aliphatic heterocycles. The molecule has 0 spiro atoms. The van der Waals surface area contributed by atoms with Crippen LogP contribution in [0.15, 0.2) is 59.8 Å². The van der Waals surface area contributed by atoms with Crippen LogP contribution in [0, 0.1) is 5.82 Å². The van der Waals surface area contributed by atoms with E-state index in [-0.39, 0.29) is 29.8 Å². The highest BCUT2D eigenvalue weighted by atomic mass is 19.1. The van der Waals surface area contributed by atoms with E-state index in [1.54, 1.807) is 11.0 Å². The van der Waals surface area contributed by atoms with Gasteiger partial charge in [0.15, 0.2) is 5.78 Å². The van der Waals surface area contributed by atoms with Crippen LogP contribution in [-0.4, -0.2) is 11.7 Å². The number of hydrogen-bond donors (Lipinski definition) is 0. The maximum Gasteiger partial charge on any atom is 0.232 e. The van der Waals surface area contributed by atoms with Gasteiger partial charge in [-0.15, -0.1) is 0 Å². The highest BCUT2D eigenvalue weighted by molar-refractivity contribution is 6.07. The van der Waals surface area contributed by atoms with E-state index >= 15 is 0 Å². The second-order valence-corrected chi connectivity index (χ2v) is 7.16. The second kappa shape index (κ2) is 7.10. The van der Waals surface area contributed by atoms with Crippen LogP contribution in [0.3, 0.4) is 0 Å². The average Bonchev–Trinajstić information content (AvgIpc) is 2.67. The van der Waals surface area contributed by atoms with Gasteiger partial charge in [0.1, 0.15) is 5.82 Å². The quantitative estimate of drug-likeness (QED) is 0.776. The third kappa shape index (κ3) is 3.09. The Balaban J connectivity index is 1.89. The predicted molar refractivity (Wildman–Crippen MR) is 103 cm³/mol. The number of ketones is 1. The molecule has 0 fully saturated rings. The number of carbonyl (C=O) groups excluding carboxylic acids is 2. The fourth-order valence-electron chi connectivity index (χ4n) is 4.31. The van der Waals surface area contributed by atoms with Gasteiger partial charge in [0.2, 0.25) is 5.91 Å². The first-order chi connectivity index (χ1) is 13.1. The third-order valence-electron chi connectivity index (χ3n) is 5.54.